The number of hydrogen-bond acceptors (Lipinski definition) is 3. The fourth-order valence-corrected chi connectivity index (χ4v) is 2.83. The molecule has 0 fully saturated rings. The third kappa shape index (κ3) is 4.46. The van der Waals surface area contributed by atoms with Crippen molar-refractivity contribution in [2.45, 2.75) is 13.0 Å². The molecule has 0 heterocycles. The molecular weight excluding hydrogens is 398 g/mol. The fourth-order valence-electron chi connectivity index (χ4n) is 1.93. The number of nitrogens with two attached hydrogens (primary N) is 1. The highest BCUT2D eigenvalue weighted by molar-refractivity contribution is 9.10. The number of benzene rings is 2. The van der Waals surface area contributed by atoms with Crippen molar-refractivity contribution in [1.29, 1.82) is 0 Å². The Morgan fingerprint density at radius 1 is 1.05 bits per heavy atom. The van der Waals surface area contributed by atoms with Gasteiger partial charge in [-0.25, -0.2) is 0 Å². The zero-order chi connectivity index (χ0) is 15.2. The summed E-state index contributed by atoms with van der Waals surface area (Å²) >= 11 is 7.06. The first-order chi connectivity index (χ1) is 10.1. The van der Waals surface area contributed by atoms with E-state index in [0.29, 0.717) is 13.2 Å². The smallest absolute Gasteiger partial charge is 0.134 e. The van der Waals surface area contributed by atoms with Crippen LogP contribution in [0, 0.1) is 0 Å². The van der Waals surface area contributed by atoms with Crippen molar-refractivity contribution in [3.63, 3.8) is 0 Å². The maximum atomic E-state index is 5.87. The van der Waals surface area contributed by atoms with E-state index in [2.05, 4.69) is 31.9 Å². The van der Waals surface area contributed by atoms with Gasteiger partial charge in [-0.3, -0.25) is 0 Å². The quantitative estimate of drug-likeness (QED) is 0.766. The zero-order valence-electron chi connectivity index (χ0n) is 11.7. The summed E-state index contributed by atoms with van der Waals surface area (Å²) in [6.45, 7) is 1.11. The minimum atomic E-state index is 0.465. The van der Waals surface area contributed by atoms with Crippen LogP contribution in [0.15, 0.2) is 45.3 Å². The Morgan fingerprint density at radius 3 is 2.52 bits per heavy atom. The van der Waals surface area contributed by atoms with Crippen LogP contribution in [-0.4, -0.2) is 13.7 Å². The Morgan fingerprint density at radius 2 is 1.86 bits per heavy atom. The summed E-state index contributed by atoms with van der Waals surface area (Å²) < 4.78 is 13.0. The lowest BCUT2D eigenvalue weighted by molar-refractivity contribution is 0.302. The van der Waals surface area contributed by atoms with Gasteiger partial charge in [-0.1, -0.05) is 22.0 Å². The third-order valence-electron chi connectivity index (χ3n) is 3.07. The predicted molar refractivity (Wildman–Crippen MR) is 91.9 cm³/mol. The molecule has 0 atom stereocenters. The largest absolute Gasteiger partial charge is 0.497 e. The Kier molecular flexibility index (Phi) is 6.08. The molecule has 21 heavy (non-hydrogen) atoms. The summed E-state index contributed by atoms with van der Waals surface area (Å²) in [5, 5.41) is 0. The molecule has 3 nitrogen and oxygen atoms in total. The van der Waals surface area contributed by atoms with E-state index < -0.39 is 0 Å². The highest BCUT2D eigenvalue weighted by Crippen LogP contribution is 2.29. The van der Waals surface area contributed by atoms with Gasteiger partial charge in [0.1, 0.15) is 18.1 Å². The van der Waals surface area contributed by atoms with Crippen LogP contribution in [0.4, 0.5) is 0 Å². The second-order valence-electron chi connectivity index (χ2n) is 4.55. The van der Waals surface area contributed by atoms with Crippen molar-refractivity contribution in [3.05, 3.63) is 56.5 Å². The topological polar surface area (TPSA) is 44.5 Å². The summed E-state index contributed by atoms with van der Waals surface area (Å²) in [5.41, 5.74) is 7.79. The first kappa shape index (κ1) is 16.3. The van der Waals surface area contributed by atoms with Crippen LogP contribution < -0.4 is 15.2 Å². The van der Waals surface area contributed by atoms with E-state index in [0.717, 1.165) is 32.4 Å². The van der Waals surface area contributed by atoms with Gasteiger partial charge in [0.15, 0.2) is 0 Å². The molecular formula is C16H17Br2NO2. The molecule has 0 aromatic heterocycles. The van der Waals surface area contributed by atoms with Gasteiger partial charge in [0, 0.05) is 10.0 Å². The molecule has 2 rings (SSSR count). The number of rotatable bonds is 6. The van der Waals surface area contributed by atoms with Crippen LogP contribution >= 0.6 is 31.9 Å². The second-order valence-corrected chi connectivity index (χ2v) is 6.26. The molecule has 0 saturated carbocycles. The summed E-state index contributed by atoms with van der Waals surface area (Å²) in [7, 11) is 1.65. The second kappa shape index (κ2) is 7.82. The normalized spacial score (nSPS) is 10.5. The average molecular weight is 415 g/mol. The molecule has 2 aromatic carbocycles. The summed E-state index contributed by atoms with van der Waals surface area (Å²) in [4.78, 5) is 0. The van der Waals surface area contributed by atoms with E-state index >= 15 is 0 Å². The Labute approximate surface area is 141 Å². The molecule has 0 bridgehead atoms. The summed E-state index contributed by atoms with van der Waals surface area (Å²) in [6.07, 6.45) is 0.861. The van der Waals surface area contributed by atoms with Crippen molar-refractivity contribution in [1.82, 2.24) is 0 Å². The van der Waals surface area contributed by atoms with Gasteiger partial charge in [-0.05, 0) is 64.8 Å². The average Bonchev–Trinajstić information content (AvgIpc) is 2.48. The van der Waals surface area contributed by atoms with Crippen molar-refractivity contribution in [2.24, 2.45) is 5.73 Å². The molecule has 112 valence electrons. The molecule has 0 spiro atoms. The Bertz CT molecular complexity index is 617. The summed E-state index contributed by atoms with van der Waals surface area (Å²) in [6, 6.07) is 11.9. The highest BCUT2D eigenvalue weighted by Gasteiger charge is 2.06. The van der Waals surface area contributed by atoms with Crippen LogP contribution in [0.5, 0.6) is 11.5 Å². The van der Waals surface area contributed by atoms with Crippen molar-refractivity contribution < 1.29 is 9.47 Å². The standard InChI is InChI=1S/C16H17Br2NO2/c1-20-13-3-4-14(17)12(9-13)10-21-16-5-2-11(6-7-19)8-15(16)18/h2-5,8-9H,6-7,10,19H2,1H3. The first-order valence-corrected chi connectivity index (χ1v) is 8.16. The van der Waals surface area contributed by atoms with Crippen LogP contribution in [0.1, 0.15) is 11.1 Å². The third-order valence-corrected chi connectivity index (χ3v) is 4.46. The molecule has 5 heteroatoms. The lowest BCUT2D eigenvalue weighted by Gasteiger charge is -2.12. The van der Waals surface area contributed by atoms with Gasteiger partial charge >= 0.3 is 0 Å². The van der Waals surface area contributed by atoms with E-state index in [-0.39, 0.29) is 0 Å². The molecule has 2 aromatic rings. The van der Waals surface area contributed by atoms with Gasteiger partial charge in [0.2, 0.25) is 0 Å². The van der Waals surface area contributed by atoms with Crippen LogP contribution in [-0.2, 0) is 13.0 Å². The maximum absolute atomic E-state index is 5.87. The first-order valence-electron chi connectivity index (χ1n) is 6.57. The molecule has 0 radical (unpaired) electrons. The zero-order valence-corrected chi connectivity index (χ0v) is 14.9. The van der Waals surface area contributed by atoms with E-state index in [4.69, 9.17) is 15.2 Å². The van der Waals surface area contributed by atoms with E-state index in [1.165, 1.54) is 5.56 Å². The van der Waals surface area contributed by atoms with Crippen LogP contribution in [0.3, 0.4) is 0 Å². The lowest BCUT2D eigenvalue weighted by atomic mass is 10.1. The van der Waals surface area contributed by atoms with Gasteiger partial charge in [-0.2, -0.15) is 0 Å². The number of methoxy groups -OCH3 is 1. The molecule has 0 amide bonds. The van der Waals surface area contributed by atoms with Crippen molar-refractivity contribution in [3.8, 4) is 11.5 Å². The number of hydrogen-bond donors (Lipinski definition) is 1. The SMILES string of the molecule is COc1ccc(Br)c(COc2ccc(CCN)cc2Br)c1. The molecule has 2 N–H and O–H groups in total. The Hall–Kier alpha value is -1.04. The van der Waals surface area contributed by atoms with E-state index in [1.807, 2.05) is 36.4 Å². The van der Waals surface area contributed by atoms with E-state index in [1.54, 1.807) is 7.11 Å². The number of ether oxygens (including phenoxy) is 2. The Balaban J connectivity index is 2.09. The number of halogens is 2. The molecule has 0 aliphatic carbocycles. The monoisotopic (exact) mass is 413 g/mol. The summed E-state index contributed by atoms with van der Waals surface area (Å²) in [5.74, 6) is 1.62. The predicted octanol–water partition coefficient (Wildman–Crippen LogP) is 4.30. The molecule has 0 aliphatic heterocycles. The van der Waals surface area contributed by atoms with Crippen molar-refractivity contribution >= 4 is 31.9 Å². The minimum Gasteiger partial charge on any atom is -0.497 e. The van der Waals surface area contributed by atoms with Gasteiger partial charge in [-0.15, -0.1) is 0 Å². The molecule has 0 aliphatic rings. The van der Waals surface area contributed by atoms with Gasteiger partial charge < -0.3 is 15.2 Å². The fraction of sp³-hybridized carbons (Fsp3) is 0.250. The maximum Gasteiger partial charge on any atom is 0.134 e. The molecule has 0 saturated heterocycles. The van der Waals surface area contributed by atoms with Crippen molar-refractivity contribution in [2.75, 3.05) is 13.7 Å². The lowest BCUT2D eigenvalue weighted by Crippen LogP contribution is -2.03. The van der Waals surface area contributed by atoms with E-state index in [9.17, 15) is 0 Å². The van der Waals surface area contributed by atoms with Crippen LogP contribution in [0.25, 0.3) is 0 Å². The molecule has 0 unspecified atom stereocenters. The van der Waals surface area contributed by atoms with Gasteiger partial charge in [0.25, 0.3) is 0 Å². The minimum absolute atomic E-state index is 0.465. The van der Waals surface area contributed by atoms with Crippen LogP contribution in [0.2, 0.25) is 0 Å². The van der Waals surface area contributed by atoms with Gasteiger partial charge in [0.05, 0.1) is 11.6 Å². The highest BCUT2D eigenvalue weighted by atomic mass is 79.9.